The highest BCUT2D eigenvalue weighted by atomic mass is 32.1. The Morgan fingerprint density at radius 3 is 2.65 bits per heavy atom. The van der Waals surface area contributed by atoms with Crippen LogP contribution in [0.2, 0.25) is 0 Å². The van der Waals surface area contributed by atoms with Crippen LogP contribution in [0.3, 0.4) is 0 Å². The predicted octanol–water partition coefficient (Wildman–Crippen LogP) is 2.31. The second-order valence-corrected chi connectivity index (χ2v) is 5.33. The molecule has 6 nitrogen and oxygen atoms in total. The molecule has 0 amide bonds. The van der Waals surface area contributed by atoms with Gasteiger partial charge in [0, 0.05) is 13.1 Å². The quantitative estimate of drug-likeness (QED) is 0.797. The molecule has 3 rings (SSSR count). The minimum atomic E-state index is 0.367. The average molecular weight is 288 g/mol. The molecule has 0 aliphatic carbocycles. The van der Waals surface area contributed by atoms with Gasteiger partial charge in [-0.3, -0.25) is 0 Å². The van der Waals surface area contributed by atoms with E-state index in [1.807, 2.05) is 24.3 Å². The van der Waals surface area contributed by atoms with E-state index in [9.17, 15) is 0 Å². The average Bonchev–Trinajstić information content (AvgIpc) is 3.03. The normalized spacial score (nSPS) is 11.1. The van der Waals surface area contributed by atoms with Crippen molar-refractivity contribution in [2.24, 2.45) is 0 Å². The molecule has 0 radical (unpaired) electrons. The van der Waals surface area contributed by atoms with Gasteiger partial charge in [0.15, 0.2) is 0 Å². The SMILES string of the molecule is CCN(CC)c1nc(N)n(-c2nc3ccccc3s2)n1. The third kappa shape index (κ3) is 2.09. The first-order valence-corrected chi connectivity index (χ1v) is 7.38. The van der Waals surface area contributed by atoms with Crippen molar-refractivity contribution < 1.29 is 0 Å². The number of nitrogen functional groups attached to an aromatic ring is 1. The molecule has 2 aromatic heterocycles. The molecule has 0 spiro atoms. The highest BCUT2D eigenvalue weighted by molar-refractivity contribution is 7.20. The highest BCUT2D eigenvalue weighted by Gasteiger charge is 2.15. The first kappa shape index (κ1) is 12.9. The second kappa shape index (κ2) is 5.09. The maximum atomic E-state index is 5.97. The van der Waals surface area contributed by atoms with Crippen LogP contribution in [-0.2, 0) is 0 Å². The molecule has 2 N–H and O–H groups in total. The fourth-order valence-electron chi connectivity index (χ4n) is 2.04. The zero-order chi connectivity index (χ0) is 14.1. The Labute approximate surface area is 120 Å². The van der Waals surface area contributed by atoms with Crippen molar-refractivity contribution in [1.82, 2.24) is 19.7 Å². The first-order valence-electron chi connectivity index (χ1n) is 6.56. The van der Waals surface area contributed by atoms with E-state index in [0.717, 1.165) is 28.4 Å². The fourth-order valence-corrected chi connectivity index (χ4v) is 2.97. The number of rotatable bonds is 4. The Bertz CT molecular complexity index is 694. The van der Waals surface area contributed by atoms with Crippen LogP contribution in [0.25, 0.3) is 15.3 Å². The predicted molar refractivity (Wildman–Crippen MR) is 82.5 cm³/mol. The minimum Gasteiger partial charge on any atom is -0.368 e. The van der Waals surface area contributed by atoms with Crippen LogP contribution in [0.5, 0.6) is 0 Å². The molecule has 7 heteroatoms. The Morgan fingerprint density at radius 2 is 1.95 bits per heavy atom. The number of nitrogens with zero attached hydrogens (tertiary/aromatic N) is 5. The van der Waals surface area contributed by atoms with Crippen LogP contribution in [0.15, 0.2) is 24.3 Å². The van der Waals surface area contributed by atoms with E-state index in [0.29, 0.717) is 11.9 Å². The van der Waals surface area contributed by atoms with E-state index >= 15 is 0 Å². The fraction of sp³-hybridized carbons (Fsp3) is 0.308. The van der Waals surface area contributed by atoms with Gasteiger partial charge in [0.05, 0.1) is 10.2 Å². The second-order valence-electron chi connectivity index (χ2n) is 4.32. The van der Waals surface area contributed by atoms with Gasteiger partial charge in [-0.15, -0.1) is 5.10 Å². The summed E-state index contributed by atoms with van der Waals surface area (Å²) in [6, 6.07) is 7.98. The number of benzene rings is 1. The van der Waals surface area contributed by atoms with Crippen LogP contribution >= 0.6 is 11.3 Å². The zero-order valence-electron chi connectivity index (χ0n) is 11.4. The largest absolute Gasteiger partial charge is 0.368 e. The number of nitrogens with two attached hydrogens (primary N) is 1. The first-order chi connectivity index (χ1) is 9.72. The van der Waals surface area contributed by atoms with Gasteiger partial charge in [-0.05, 0) is 26.0 Å². The van der Waals surface area contributed by atoms with Gasteiger partial charge in [0.2, 0.25) is 17.0 Å². The number of thiazole rings is 1. The number of hydrogen-bond acceptors (Lipinski definition) is 6. The van der Waals surface area contributed by atoms with Gasteiger partial charge in [-0.2, -0.15) is 9.67 Å². The Kier molecular flexibility index (Phi) is 3.27. The third-order valence-electron chi connectivity index (χ3n) is 3.13. The molecule has 2 heterocycles. The summed E-state index contributed by atoms with van der Waals surface area (Å²) in [5.41, 5.74) is 6.92. The van der Waals surface area contributed by atoms with Crippen molar-refractivity contribution in [3.63, 3.8) is 0 Å². The number of aromatic nitrogens is 4. The lowest BCUT2D eigenvalue weighted by atomic mass is 10.3. The Morgan fingerprint density at radius 1 is 1.20 bits per heavy atom. The zero-order valence-corrected chi connectivity index (χ0v) is 12.3. The molecule has 3 aromatic rings. The lowest BCUT2D eigenvalue weighted by molar-refractivity contribution is 0.801. The summed E-state index contributed by atoms with van der Waals surface area (Å²) < 4.78 is 2.72. The third-order valence-corrected chi connectivity index (χ3v) is 4.14. The topological polar surface area (TPSA) is 72.9 Å². The summed E-state index contributed by atoms with van der Waals surface area (Å²) in [4.78, 5) is 10.9. The molecule has 0 unspecified atom stereocenters. The van der Waals surface area contributed by atoms with Gasteiger partial charge < -0.3 is 10.6 Å². The number of fused-ring (bicyclic) bond motifs is 1. The van der Waals surface area contributed by atoms with Crippen molar-refractivity contribution in [3.05, 3.63) is 24.3 Å². The molecule has 0 bridgehead atoms. The highest BCUT2D eigenvalue weighted by Crippen LogP contribution is 2.26. The Hall–Kier alpha value is -2.15. The van der Waals surface area contributed by atoms with Gasteiger partial charge in [0.25, 0.3) is 0 Å². The summed E-state index contributed by atoms with van der Waals surface area (Å²) >= 11 is 1.56. The van der Waals surface area contributed by atoms with Crippen LogP contribution in [0.4, 0.5) is 11.9 Å². The van der Waals surface area contributed by atoms with Crippen LogP contribution < -0.4 is 10.6 Å². The smallest absolute Gasteiger partial charge is 0.247 e. The maximum absolute atomic E-state index is 5.97. The van der Waals surface area contributed by atoms with Crippen molar-refractivity contribution >= 4 is 33.5 Å². The minimum absolute atomic E-state index is 0.367. The summed E-state index contributed by atoms with van der Waals surface area (Å²) in [7, 11) is 0. The number of hydrogen-bond donors (Lipinski definition) is 1. The monoisotopic (exact) mass is 288 g/mol. The molecule has 20 heavy (non-hydrogen) atoms. The lowest BCUT2D eigenvalue weighted by Crippen LogP contribution is -2.23. The number of para-hydroxylation sites is 1. The van der Waals surface area contributed by atoms with Gasteiger partial charge >= 0.3 is 0 Å². The van der Waals surface area contributed by atoms with Crippen LogP contribution in [0.1, 0.15) is 13.8 Å². The molecule has 0 atom stereocenters. The Balaban J connectivity index is 2.05. The molecule has 104 valence electrons. The van der Waals surface area contributed by atoms with E-state index in [1.54, 1.807) is 16.0 Å². The van der Waals surface area contributed by atoms with E-state index in [4.69, 9.17) is 5.73 Å². The standard InChI is InChI=1S/C13H16N6S/c1-3-18(4-2)12-16-11(14)19(17-12)13-15-9-7-5-6-8-10(9)20-13/h5-8H,3-4H2,1-2H3,(H2,14,16,17). The van der Waals surface area contributed by atoms with Gasteiger partial charge in [0.1, 0.15) is 0 Å². The van der Waals surface area contributed by atoms with E-state index < -0.39 is 0 Å². The van der Waals surface area contributed by atoms with Gasteiger partial charge in [-0.25, -0.2) is 4.98 Å². The molecule has 0 saturated carbocycles. The van der Waals surface area contributed by atoms with Crippen molar-refractivity contribution in [1.29, 1.82) is 0 Å². The lowest BCUT2D eigenvalue weighted by Gasteiger charge is -2.14. The van der Waals surface area contributed by atoms with Crippen molar-refractivity contribution in [3.8, 4) is 5.13 Å². The van der Waals surface area contributed by atoms with E-state index in [1.165, 1.54) is 0 Å². The van der Waals surface area contributed by atoms with E-state index in [-0.39, 0.29) is 0 Å². The maximum Gasteiger partial charge on any atom is 0.247 e. The molecule has 0 aliphatic rings. The molecule has 1 aromatic carbocycles. The van der Waals surface area contributed by atoms with Gasteiger partial charge in [-0.1, -0.05) is 23.5 Å². The molecular formula is C13H16N6S. The summed E-state index contributed by atoms with van der Waals surface area (Å²) in [6.07, 6.45) is 0. The van der Waals surface area contributed by atoms with Crippen molar-refractivity contribution in [2.75, 3.05) is 23.7 Å². The molecule has 0 aliphatic heterocycles. The molecular weight excluding hydrogens is 272 g/mol. The summed E-state index contributed by atoms with van der Waals surface area (Å²) in [6.45, 7) is 5.83. The summed E-state index contributed by atoms with van der Waals surface area (Å²) in [5.74, 6) is 1.01. The van der Waals surface area contributed by atoms with Crippen molar-refractivity contribution in [2.45, 2.75) is 13.8 Å². The summed E-state index contributed by atoms with van der Waals surface area (Å²) in [5, 5.41) is 5.22. The molecule has 0 saturated heterocycles. The van der Waals surface area contributed by atoms with E-state index in [2.05, 4.69) is 33.8 Å². The number of anilines is 2. The van der Waals surface area contributed by atoms with Crippen LogP contribution in [0, 0.1) is 0 Å². The molecule has 0 fully saturated rings. The van der Waals surface area contributed by atoms with Crippen LogP contribution in [-0.4, -0.2) is 32.8 Å².